The van der Waals surface area contributed by atoms with E-state index in [2.05, 4.69) is 5.32 Å². The van der Waals surface area contributed by atoms with Crippen molar-refractivity contribution in [2.24, 2.45) is 0 Å². The van der Waals surface area contributed by atoms with E-state index in [-0.39, 0.29) is 28.8 Å². The van der Waals surface area contributed by atoms with Crippen LogP contribution in [0.3, 0.4) is 0 Å². The largest absolute Gasteiger partial charge is 0.484 e. The molecule has 0 saturated heterocycles. The summed E-state index contributed by atoms with van der Waals surface area (Å²) in [6.45, 7) is -0.179. The van der Waals surface area contributed by atoms with Crippen LogP contribution in [0.2, 0.25) is 5.02 Å². The van der Waals surface area contributed by atoms with E-state index in [1.54, 1.807) is 0 Å². The third kappa shape index (κ3) is 2.47. The van der Waals surface area contributed by atoms with E-state index in [0.717, 1.165) is 18.9 Å². The summed E-state index contributed by atoms with van der Waals surface area (Å²) in [5.41, 5.74) is -0.839. The highest BCUT2D eigenvalue weighted by Crippen LogP contribution is 2.54. The minimum Gasteiger partial charge on any atom is -0.484 e. The summed E-state index contributed by atoms with van der Waals surface area (Å²) in [5, 5.41) is 12.8. The molecule has 3 aliphatic rings. The third-order valence-electron chi connectivity index (χ3n) is 4.07. The molecule has 4 nitrogen and oxygen atoms in total. The highest BCUT2D eigenvalue weighted by molar-refractivity contribution is 6.30. The number of benzene rings is 1. The van der Waals surface area contributed by atoms with Gasteiger partial charge >= 0.3 is 0 Å². The van der Waals surface area contributed by atoms with E-state index in [4.69, 9.17) is 16.3 Å². The lowest BCUT2D eigenvalue weighted by Crippen LogP contribution is -2.59. The zero-order valence-electron chi connectivity index (χ0n) is 10.8. The monoisotopic (exact) mass is 299 g/mol. The summed E-state index contributed by atoms with van der Waals surface area (Å²) < 4.78 is 18.4. The Morgan fingerprint density at radius 2 is 2.20 bits per heavy atom. The number of ether oxygens (including phenoxy) is 1. The van der Waals surface area contributed by atoms with E-state index in [0.29, 0.717) is 12.8 Å². The fourth-order valence-corrected chi connectivity index (χ4v) is 3.35. The Labute approximate surface area is 120 Å². The van der Waals surface area contributed by atoms with Crippen LogP contribution in [0.5, 0.6) is 5.75 Å². The molecule has 2 N–H and O–H groups in total. The standard InChI is InChI=1S/C14H15ClFNO3/c15-10-2-1-9(5-11(10)16)20-6-12(18)17-13-3-4-14(19,7-13)8-13/h1-2,5,19H,3-4,6-8H2,(H,17,18). The molecule has 0 aromatic heterocycles. The predicted octanol–water partition coefficient (Wildman–Crippen LogP) is 2.03. The van der Waals surface area contributed by atoms with Crippen molar-refractivity contribution in [3.05, 3.63) is 29.0 Å². The average Bonchev–Trinajstić information content (AvgIpc) is 2.83. The van der Waals surface area contributed by atoms with Crippen molar-refractivity contribution in [2.45, 2.75) is 36.8 Å². The van der Waals surface area contributed by atoms with Gasteiger partial charge in [-0.05, 0) is 37.8 Å². The van der Waals surface area contributed by atoms with Gasteiger partial charge in [0.2, 0.25) is 0 Å². The second kappa shape index (κ2) is 4.60. The topological polar surface area (TPSA) is 58.6 Å². The molecule has 4 rings (SSSR count). The van der Waals surface area contributed by atoms with E-state index < -0.39 is 11.4 Å². The van der Waals surface area contributed by atoms with E-state index in [9.17, 15) is 14.3 Å². The second-order valence-corrected chi connectivity index (χ2v) is 6.18. The van der Waals surface area contributed by atoms with Crippen LogP contribution in [-0.2, 0) is 4.79 Å². The molecule has 3 aliphatic carbocycles. The molecule has 20 heavy (non-hydrogen) atoms. The molecule has 0 spiro atoms. The molecular formula is C14H15ClFNO3. The number of aliphatic hydroxyl groups is 1. The molecule has 1 aromatic carbocycles. The minimum absolute atomic E-state index is 0.0143. The van der Waals surface area contributed by atoms with E-state index in [1.807, 2.05) is 0 Å². The van der Waals surface area contributed by atoms with Crippen molar-refractivity contribution in [1.82, 2.24) is 5.32 Å². The molecule has 0 heterocycles. The van der Waals surface area contributed by atoms with Gasteiger partial charge < -0.3 is 15.2 Å². The van der Waals surface area contributed by atoms with Gasteiger partial charge in [0.1, 0.15) is 11.6 Å². The van der Waals surface area contributed by atoms with Gasteiger partial charge in [-0.3, -0.25) is 4.79 Å². The molecule has 0 radical (unpaired) electrons. The number of carbonyl (C=O) groups excluding carboxylic acids is 1. The lowest BCUT2D eigenvalue weighted by atomic mass is 9.73. The first-order valence-electron chi connectivity index (χ1n) is 6.51. The maximum atomic E-state index is 13.2. The highest BCUT2D eigenvalue weighted by atomic mass is 35.5. The molecule has 3 saturated carbocycles. The number of fused-ring (bicyclic) bond motifs is 1. The van der Waals surface area contributed by atoms with E-state index >= 15 is 0 Å². The van der Waals surface area contributed by atoms with Gasteiger partial charge in [0.15, 0.2) is 6.61 Å². The van der Waals surface area contributed by atoms with Crippen LogP contribution < -0.4 is 10.1 Å². The number of amides is 1. The van der Waals surface area contributed by atoms with Gasteiger partial charge in [-0.25, -0.2) is 4.39 Å². The van der Waals surface area contributed by atoms with Crippen LogP contribution in [0.25, 0.3) is 0 Å². The number of rotatable bonds is 4. The first-order valence-corrected chi connectivity index (χ1v) is 6.89. The Hall–Kier alpha value is -1.33. The van der Waals surface area contributed by atoms with Crippen LogP contribution in [0, 0.1) is 5.82 Å². The molecule has 0 aliphatic heterocycles. The van der Waals surface area contributed by atoms with Gasteiger partial charge in [0, 0.05) is 11.6 Å². The Balaban J connectivity index is 1.51. The van der Waals surface area contributed by atoms with Gasteiger partial charge in [-0.15, -0.1) is 0 Å². The Bertz CT molecular complexity index is 557. The fourth-order valence-electron chi connectivity index (χ4n) is 3.23. The summed E-state index contributed by atoms with van der Waals surface area (Å²) in [6, 6.07) is 4.03. The molecule has 1 amide bonds. The first kappa shape index (κ1) is 13.6. The van der Waals surface area contributed by atoms with Gasteiger partial charge in [0.05, 0.1) is 10.6 Å². The molecule has 108 valence electrons. The molecule has 0 unspecified atom stereocenters. The Morgan fingerprint density at radius 1 is 1.45 bits per heavy atom. The van der Waals surface area contributed by atoms with Crippen LogP contribution >= 0.6 is 11.6 Å². The first-order chi connectivity index (χ1) is 9.40. The quantitative estimate of drug-likeness (QED) is 0.894. The van der Waals surface area contributed by atoms with Crippen LogP contribution in [0.4, 0.5) is 4.39 Å². The normalized spacial score (nSPS) is 30.8. The van der Waals surface area contributed by atoms with Gasteiger partial charge in [-0.2, -0.15) is 0 Å². The maximum Gasteiger partial charge on any atom is 0.258 e. The molecular weight excluding hydrogens is 285 g/mol. The molecule has 0 atom stereocenters. The van der Waals surface area contributed by atoms with Crippen molar-refractivity contribution in [1.29, 1.82) is 0 Å². The zero-order valence-corrected chi connectivity index (χ0v) is 11.5. The average molecular weight is 300 g/mol. The summed E-state index contributed by atoms with van der Waals surface area (Å²) in [6.07, 6.45) is 2.75. The maximum absolute atomic E-state index is 13.2. The van der Waals surface area contributed by atoms with Crippen molar-refractivity contribution in [3.63, 3.8) is 0 Å². The molecule has 1 aromatic rings. The number of carbonyl (C=O) groups is 1. The number of halogens is 2. The Kier molecular flexibility index (Phi) is 3.14. The smallest absolute Gasteiger partial charge is 0.258 e. The van der Waals surface area contributed by atoms with Crippen molar-refractivity contribution < 1.29 is 19.0 Å². The number of hydrogen-bond acceptors (Lipinski definition) is 3. The summed E-state index contributed by atoms with van der Waals surface area (Å²) in [4.78, 5) is 11.8. The molecule has 3 fully saturated rings. The second-order valence-electron chi connectivity index (χ2n) is 5.77. The summed E-state index contributed by atoms with van der Waals surface area (Å²) in [5.74, 6) is -0.580. The van der Waals surface area contributed by atoms with Crippen molar-refractivity contribution >= 4 is 17.5 Å². The predicted molar refractivity (Wildman–Crippen MR) is 71.2 cm³/mol. The SMILES string of the molecule is O=C(COc1ccc(Cl)c(F)c1)NC12CCC(O)(C1)C2. The summed E-state index contributed by atoms with van der Waals surface area (Å²) >= 11 is 5.56. The Morgan fingerprint density at radius 3 is 2.80 bits per heavy atom. The summed E-state index contributed by atoms with van der Waals surface area (Å²) in [7, 11) is 0. The van der Waals surface area contributed by atoms with Crippen molar-refractivity contribution in [3.8, 4) is 5.75 Å². The fraction of sp³-hybridized carbons (Fsp3) is 0.500. The van der Waals surface area contributed by atoms with Crippen LogP contribution in [0.1, 0.15) is 25.7 Å². The lowest BCUT2D eigenvalue weighted by molar-refractivity contribution is -0.128. The number of hydrogen-bond donors (Lipinski definition) is 2. The van der Waals surface area contributed by atoms with E-state index in [1.165, 1.54) is 12.1 Å². The minimum atomic E-state index is -0.581. The number of nitrogens with one attached hydrogen (secondary N) is 1. The van der Waals surface area contributed by atoms with Gasteiger partial charge in [-0.1, -0.05) is 11.6 Å². The third-order valence-corrected chi connectivity index (χ3v) is 4.38. The highest BCUT2D eigenvalue weighted by Gasteiger charge is 2.60. The molecule has 2 bridgehead atoms. The lowest BCUT2D eigenvalue weighted by Gasteiger charge is -2.44. The zero-order chi connectivity index (χ0) is 14.4. The van der Waals surface area contributed by atoms with Gasteiger partial charge in [0.25, 0.3) is 5.91 Å². The van der Waals surface area contributed by atoms with Crippen LogP contribution in [0.15, 0.2) is 18.2 Å². The van der Waals surface area contributed by atoms with Crippen molar-refractivity contribution in [2.75, 3.05) is 6.61 Å². The van der Waals surface area contributed by atoms with Crippen LogP contribution in [-0.4, -0.2) is 28.8 Å². The molecule has 6 heteroatoms.